The third-order valence-corrected chi connectivity index (χ3v) is 7.04. The van der Waals surface area contributed by atoms with E-state index in [-0.39, 0.29) is 23.0 Å². The predicted octanol–water partition coefficient (Wildman–Crippen LogP) is 5.27. The molecule has 1 heterocycles. The van der Waals surface area contributed by atoms with Crippen molar-refractivity contribution in [2.24, 2.45) is 0 Å². The van der Waals surface area contributed by atoms with Crippen LogP contribution in [0.25, 0.3) is 6.08 Å². The fourth-order valence-electron chi connectivity index (χ4n) is 3.36. The molecule has 0 aliphatic heterocycles. The summed E-state index contributed by atoms with van der Waals surface area (Å²) in [4.78, 5) is 16.7. The summed E-state index contributed by atoms with van der Waals surface area (Å²) in [7, 11) is 2.17. The minimum Gasteiger partial charge on any atom is -0.496 e. The first-order valence-corrected chi connectivity index (χ1v) is 13.7. The van der Waals surface area contributed by atoms with Crippen LogP contribution in [-0.4, -0.2) is 47.6 Å². The molecule has 0 unspecified atom stereocenters. The number of pyridine rings is 1. The van der Waals surface area contributed by atoms with E-state index in [1.165, 1.54) is 46.8 Å². The Morgan fingerprint density at radius 3 is 2.13 bits per heavy atom. The number of rotatable bonds is 12. The second-order valence-corrected chi connectivity index (χ2v) is 10.6. The lowest BCUT2D eigenvalue weighted by atomic mass is 10.1. The van der Waals surface area contributed by atoms with Gasteiger partial charge < -0.3 is 24.3 Å². The van der Waals surface area contributed by atoms with Crippen molar-refractivity contribution in [3.8, 4) is 23.0 Å². The maximum absolute atomic E-state index is 12.9. The van der Waals surface area contributed by atoms with E-state index in [0.717, 1.165) is 9.88 Å². The second kappa shape index (κ2) is 13.1. The van der Waals surface area contributed by atoms with E-state index < -0.39 is 9.84 Å². The average molecular weight is 603 g/mol. The standard InChI is InChI=1S/C27H27BrN2O7S/c1-34-21-15-25(36-3)22(26(16-21)37-4)12-14-38(32,33)17-20-9-10-24(35-2)27(30-20)29-13-11-23(31)18-5-7-19(28)8-6-18/h5-16H,17H2,1-4H3,(H,29,30)/b13-11-,14-12+. The van der Waals surface area contributed by atoms with E-state index in [9.17, 15) is 13.2 Å². The zero-order chi connectivity index (χ0) is 27.7. The van der Waals surface area contributed by atoms with Gasteiger partial charge in [0, 0.05) is 39.9 Å². The van der Waals surface area contributed by atoms with Crippen LogP contribution in [0.4, 0.5) is 5.82 Å². The zero-order valence-electron chi connectivity index (χ0n) is 21.2. The summed E-state index contributed by atoms with van der Waals surface area (Å²) >= 11 is 3.33. The summed E-state index contributed by atoms with van der Waals surface area (Å²) in [6.07, 6.45) is 4.19. The number of hydrogen-bond acceptors (Lipinski definition) is 9. The lowest BCUT2D eigenvalue weighted by Gasteiger charge is -2.12. The molecule has 38 heavy (non-hydrogen) atoms. The number of anilines is 1. The van der Waals surface area contributed by atoms with E-state index in [4.69, 9.17) is 18.9 Å². The van der Waals surface area contributed by atoms with Gasteiger partial charge in [0.2, 0.25) is 0 Å². The molecular formula is C27H27BrN2O7S. The van der Waals surface area contributed by atoms with Crippen molar-refractivity contribution >= 4 is 43.4 Å². The van der Waals surface area contributed by atoms with Gasteiger partial charge in [0.15, 0.2) is 27.2 Å². The first-order chi connectivity index (χ1) is 18.2. The monoisotopic (exact) mass is 602 g/mol. The van der Waals surface area contributed by atoms with Crippen LogP contribution in [0, 0.1) is 0 Å². The molecule has 0 bridgehead atoms. The molecule has 1 aromatic heterocycles. The number of ketones is 1. The molecule has 3 aromatic rings. The molecule has 0 radical (unpaired) electrons. The van der Waals surface area contributed by atoms with Gasteiger partial charge in [0.25, 0.3) is 0 Å². The van der Waals surface area contributed by atoms with Crippen LogP contribution < -0.4 is 24.3 Å². The molecule has 0 fully saturated rings. The number of allylic oxidation sites excluding steroid dienone is 1. The minimum atomic E-state index is -3.74. The van der Waals surface area contributed by atoms with Gasteiger partial charge in [-0.2, -0.15) is 0 Å². The summed E-state index contributed by atoms with van der Waals surface area (Å²) in [5, 5.41) is 3.98. The summed E-state index contributed by atoms with van der Waals surface area (Å²) in [6, 6.07) is 13.4. The third-order valence-electron chi connectivity index (χ3n) is 5.26. The number of hydrogen-bond donors (Lipinski definition) is 1. The van der Waals surface area contributed by atoms with Gasteiger partial charge in [-0.25, -0.2) is 13.4 Å². The van der Waals surface area contributed by atoms with E-state index in [1.807, 2.05) is 0 Å². The summed E-state index contributed by atoms with van der Waals surface area (Å²) in [5.41, 5.74) is 1.24. The molecule has 0 atom stereocenters. The number of carbonyl (C=O) groups is 1. The minimum absolute atomic E-state index is 0.211. The number of carbonyl (C=O) groups excluding carboxylic acids is 1. The van der Waals surface area contributed by atoms with Crippen molar-refractivity contribution < 1.29 is 32.2 Å². The number of ether oxygens (including phenoxy) is 4. The molecule has 0 spiro atoms. The molecule has 0 aliphatic carbocycles. The molecule has 2 aromatic carbocycles. The van der Waals surface area contributed by atoms with Gasteiger partial charge >= 0.3 is 0 Å². The largest absolute Gasteiger partial charge is 0.496 e. The Morgan fingerprint density at radius 1 is 0.921 bits per heavy atom. The molecule has 9 nitrogen and oxygen atoms in total. The number of aromatic nitrogens is 1. The van der Waals surface area contributed by atoms with Crippen LogP contribution >= 0.6 is 15.9 Å². The molecule has 11 heteroatoms. The highest BCUT2D eigenvalue weighted by atomic mass is 79.9. The first kappa shape index (κ1) is 28.7. The Balaban J connectivity index is 1.78. The zero-order valence-corrected chi connectivity index (χ0v) is 23.6. The highest BCUT2D eigenvalue weighted by molar-refractivity contribution is 9.10. The summed E-state index contributed by atoms with van der Waals surface area (Å²) < 4.78 is 47.9. The second-order valence-electron chi connectivity index (χ2n) is 7.76. The van der Waals surface area contributed by atoms with Crippen LogP contribution in [0.3, 0.4) is 0 Å². The molecule has 0 amide bonds. The molecule has 200 valence electrons. The number of sulfone groups is 1. The van der Waals surface area contributed by atoms with Gasteiger partial charge in [0.1, 0.15) is 17.2 Å². The van der Waals surface area contributed by atoms with E-state index in [2.05, 4.69) is 26.2 Å². The number of methoxy groups -OCH3 is 4. The highest BCUT2D eigenvalue weighted by Gasteiger charge is 2.15. The lowest BCUT2D eigenvalue weighted by molar-refractivity contribution is 0.104. The van der Waals surface area contributed by atoms with Crippen molar-refractivity contribution in [3.05, 3.63) is 87.5 Å². The SMILES string of the molecule is COc1cc(OC)c(/C=C/S(=O)(=O)Cc2ccc(OC)c(N/C=C\C(=O)c3ccc(Br)cc3)n2)c(OC)c1. The molecule has 1 N–H and O–H groups in total. The maximum atomic E-state index is 12.9. The van der Waals surface area contributed by atoms with Gasteiger partial charge in [-0.05, 0) is 42.5 Å². The van der Waals surface area contributed by atoms with Crippen LogP contribution in [-0.2, 0) is 15.6 Å². The maximum Gasteiger partial charge on any atom is 0.187 e. The number of nitrogens with zero attached hydrogens (tertiary/aromatic N) is 1. The average Bonchev–Trinajstić information content (AvgIpc) is 2.91. The van der Waals surface area contributed by atoms with Crippen molar-refractivity contribution in [2.45, 2.75) is 5.75 Å². The van der Waals surface area contributed by atoms with E-state index >= 15 is 0 Å². The fraction of sp³-hybridized carbons (Fsp3) is 0.185. The topological polar surface area (TPSA) is 113 Å². The Hall–Kier alpha value is -3.83. The van der Waals surface area contributed by atoms with Crippen molar-refractivity contribution in [3.63, 3.8) is 0 Å². The Morgan fingerprint density at radius 2 is 1.55 bits per heavy atom. The Labute approximate surface area is 230 Å². The van der Waals surface area contributed by atoms with Crippen molar-refractivity contribution in [1.82, 2.24) is 4.98 Å². The number of nitrogens with one attached hydrogen (secondary N) is 1. The predicted molar refractivity (Wildman–Crippen MR) is 150 cm³/mol. The quantitative estimate of drug-likeness (QED) is 0.219. The Bertz CT molecular complexity index is 1430. The van der Waals surface area contributed by atoms with E-state index in [0.29, 0.717) is 34.1 Å². The fourth-order valence-corrected chi connectivity index (χ4v) is 4.64. The molecule has 0 aliphatic rings. The smallest absolute Gasteiger partial charge is 0.187 e. The van der Waals surface area contributed by atoms with Gasteiger partial charge in [-0.15, -0.1) is 0 Å². The third kappa shape index (κ3) is 7.59. The highest BCUT2D eigenvalue weighted by Crippen LogP contribution is 2.35. The molecule has 0 saturated heterocycles. The van der Waals surface area contributed by atoms with Crippen LogP contribution in [0.15, 0.2) is 70.7 Å². The summed E-state index contributed by atoms with van der Waals surface area (Å²) in [6.45, 7) is 0. The number of halogens is 1. The lowest BCUT2D eigenvalue weighted by Crippen LogP contribution is -2.05. The van der Waals surface area contributed by atoms with Gasteiger partial charge in [-0.1, -0.05) is 15.9 Å². The Kier molecular flexibility index (Phi) is 9.91. The van der Waals surface area contributed by atoms with Gasteiger partial charge in [-0.3, -0.25) is 4.79 Å². The normalized spacial score (nSPS) is 11.5. The molecular weight excluding hydrogens is 576 g/mol. The van der Waals surface area contributed by atoms with Crippen LogP contribution in [0.1, 0.15) is 21.6 Å². The van der Waals surface area contributed by atoms with Gasteiger partial charge in [0.05, 0.1) is 45.4 Å². The van der Waals surface area contributed by atoms with E-state index in [1.54, 1.807) is 48.5 Å². The van der Waals surface area contributed by atoms with Crippen LogP contribution in [0.2, 0.25) is 0 Å². The summed E-state index contributed by atoms with van der Waals surface area (Å²) in [5.74, 6) is 1.37. The molecule has 3 rings (SSSR count). The van der Waals surface area contributed by atoms with Crippen molar-refractivity contribution in [1.29, 1.82) is 0 Å². The van der Waals surface area contributed by atoms with Crippen LogP contribution in [0.5, 0.6) is 23.0 Å². The first-order valence-electron chi connectivity index (χ1n) is 11.2. The molecule has 0 saturated carbocycles. The van der Waals surface area contributed by atoms with Crippen molar-refractivity contribution in [2.75, 3.05) is 33.8 Å². The number of benzene rings is 2.